The standard InChI is InChI=1S/C43H25N3O2/c1-3-13-27(14-4-1)41-44-42(28-15-5-2-6-16-28)46-43(45-41)34-24-29(30-19-11-21-36-38(30)32-18-9-10-20-35(32)47-36)25-37-39(34)33-23-22-26-12-7-8-17-31(26)40(33)48-37/h1-25H. The van der Waals surface area contributed by atoms with Crippen molar-refractivity contribution < 1.29 is 8.83 Å². The molecule has 48 heavy (non-hydrogen) atoms. The predicted molar refractivity (Wildman–Crippen MR) is 194 cm³/mol. The van der Waals surface area contributed by atoms with Crippen molar-refractivity contribution in [1.82, 2.24) is 15.0 Å². The van der Waals surface area contributed by atoms with Gasteiger partial charge in [0, 0.05) is 43.6 Å². The van der Waals surface area contributed by atoms with E-state index in [1.54, 1.807) is 0 Å². The van der Waals surface area contributed by atoms with Crippen molar-refractivity contribution in [3.8, 4) is 45.3 Å². The van der Waals surface area contributed by atoms with Gasteiger partial charge in [-0.1, -0.05) is 121 Å². The molecule has 224 valence electrons. The summed E-state index contributed by atoms with van der Waals surface area (Å²) in [6.07, 6.45) is 0. The summed E-state index contributed by atoms with van der Waals surface area (Å²) in [5.74, 6) is 1.80. The van der Waals surface area contributed by atoms with Gasteiger partial charge in [0.1, 0.15) is 22.3 Å². The van der Waals surface area contributed by atoms with E-state index in [1.165, 1.54) is 0 Å². The number of hydrogen-bond donors (Lipinski definition) is 0. The summed E-state index contributed by atoms with van der Waals surface area (Å²) in [5.41, 5.74) is 8.05. The molecule has 5 nitrogen and oxygen atoms in total. The van der Waals surface area contributed by atoms with Crippen LogP contribution in [0.4, 0.5) is 0 Å². The van der Waals surface area contributed by atoms with Crippen LogP contribution in [0.1, 0.15) is 0 Å². The third kappa shape index (κ3) is 4.15. The molecule has 0 saturated heterocycles. The largest absolute Gasteiger partial charge is 0.456 e. The summed E-state index contributed by atoms with van der Waals surface area (Å²) < 4.78 is 13.1. The lowest BCUT2D eigenvalue weighted by Crippen LogP contribution is -2.00. The summed E-state index contributed by atoms with van der Waals surface area (Å²) in [5, 5.41) is 6.29. The maximum Gasteiger partial charge on any atom is 0.164 e. The molecule has 0 radical (unpaired) electrons. The molecule has 3 aromatic heterocycles. The number of rotatable bonds is 4. The molecule has 0 saturated carbocycles. The molecule has 0 N–H and O–H groups in total. The van der Waals surface area contributed by atoms with Crippen LogP contribution in [0, 0.1) is 0 Å². The fraction of sp³-hybridized carbons (Fsp3) is 0. The van der Waals surface area contributed by atoms with E-state index in [4.69, 9.17) is 23.8 Å². The summed E-state index contributed by atoms with van der Waals surface area (Å²) in [4.78, 5) is 15.3. The monoisotopic (exact) mass is 615 g/mol. The fourth-order valence-corrected chi connectivity index (χ4v) is 6.91. The molecule has 0 bridgehead atoms. The van der Waals surface area contributed by atoms with Crippen LogP contribution in [0.5, 0.6) is 0 Å². The van der Waals surface area contributed by atoms with Crippen molar-refractivity contribution in [3.05, 3.63) is 152 Å². The van der Waals surface area contributed by atoms with Crippen molar-refractivity contribution >= 4 is 54.6 Å². The SMILES string of the molecule is c1ccc(-c2nc(-c3ccccc3)nc(-c3cc(-c4cccc5oc6ccccc6c45)cc4oc5c6ccccc6ccc5c34)n2)cc1. The zero-order valence-corrected chi connectivity index (χ0v) is 25.6. The number of hydrogen-bond acceptors (Lipinski definition) is 5. The second-order valence-electron chi connectivity index (χ2n) is 12.0. The van der Waals surface area contributed by atoms with Gasteiger partial charge in [0.05, 0.1) is 0 Å². The molecule has 0 aliphatic carbocycles. The molecule has 0 fully saturated rings. The maximum absolute atomic E-state index is 6.81. The van der Waals surface area contributed by atoms with Crippen LogP contribution in [-0.2, 0) is 0 Å². The van der Waals surface area contributed by atoms with E-state index in [2.05, 4.69) is 60.7 Å². The fourth-order valence-electron chi connectivity index (χ4n) is 6.91. The van der Waals surface area contributed by atoms with Gasteiger partial charge < -0.3 is 8.83 Å². The van der Waals surface area contributed by atoms with E-state index in [0.29, 0.717) is 17.5 Å². The quantitative estimate of drug-likeness (QED) is 0.197. The van der Waals surface area contributed by atoms with Crippen molar-refractivity contribution in [2.75, 3.05) is 0 Å². The summed E-state index contributed by atoms with van der Waals surface area (Å²) in [6.45, 7) is 0. The Labute approximate surface area is 274 Å². The summed E-state index contributed by atoms with van der Waals surface area (Å²) in [7, 11) is 0. The second kappa shape index (κ2) is 10.5. The van der Waals surface area contributed by atoms with E-state index in [9.17, 15) is 0 Å². The van der Waals surface area contributed by atoms with Crippen molar-refractivity contribution in [3.63, 3.8) is 0 Å². The third-order valence-corrected chi connectivity index (χ3v) is 9.12. The van der Waals surface area contributed by atoms with E-state index >= 15 is 0 Å². The van der Waals surface area contributed by atoms with Gasteiger partial charge in [-0.15, -0.1) is 0 Å². The first-order chi connectivity index (χ1) is 23.8. The molecule has 0 spiro atoms. The van der Waals surface area contributed by atoms with Gasteiger partial charge in [0.15, 0.2) is 17.5 Å². The van der Waals surface area contributed by atoms with Gasteiger partial charge in [0.2, 0.25) is 0 Å². The van der Waals surface area contributed by atoms with Crippen LogP contribution >= 0.6 is 0 Å². The Balaban J connectivity index is 1.33. The average molecular weight is 616 g/mol. The lowest BCUT2D eigenvalue weighted by atomic mass is 9.95. The van der Waals surface area contributed by atoms with Crippen LogP contribution in [0.2, 0.25) is 0 Å². The Bertz CT molecular complexity index is 2780. The highest BCUT2D eigenvalue weighted by Gasteiger charge is 2.22. The molecule has 3 heterocycles. The highest BCUT2D eigenvalue weighted by atomic mass is 16.3. The first kappa shape index (κ1) is 26.6. The molecular weight excluding hydrogens is 590 g/mol. The lowest BCUT2D eigenvalue weighted by Gasteiger charge is -2.11. The Kier molecular flexibility index (Phi) is 5.81. The van der Waals surface area contributed by atoms with Crippen LogP contribution in [0.25, 0.3) is 99.9 Å². The number of para-hydroxylation sites is 1. The van der Waals surface area contributed by atoms with Gasteiger partial charge in [-0.2, -0.15) is 0 Å². The molecule has 10 rings (SSSR count). The first-order valence-electron chi connectivity index (χ1n) is 15.9. The molecule has 5 heteroatoms. The maximum atomic E-state index is 6.81. The minimum Gasteiger partial charge on any atom is -0.456 e. The van der Waals surface area contributed by atoms with Gasteiger partial charge in [-0.05, 0) is 46.8 Å². The number of benzene rings is 7. The summed E-state index contributed by atoms with van der Waals surface area (Å²) in [6, 6.07) is 51.5. The van der Waals surface area contributed by atoms with E-state index < -0.39 is 0 Å². The van der Waals surface area contributed by atoms with E-state index in [0.717, 1.165) is 82.5 Å². The van der Waals surface area contributed by atoms with Crippen molar-refractivity contribution in [2.24, 2.45) is 0 Å². The predicted octanol–water partition coefficient (Wildman–Crippen LogP) is 11.5. The number of aromatic nitrogens is 3. The van der Waals surface area contributed by atoms with E-state index in [-0.39, 0.29) is 0 Å². The Morgan fingerprint density at radius 3 is 1.75 bits per heavy atom. The lowest BCUT2D eigenvalue weighted by molar-refractivity contribution is 0.669. The molecule has 0 unspecified atom stereocenters. The minimum absolute atomic E-state index is 0.578. The van der Waals surface area contributed by atoms with Gasteiger partial charge >= 0.3 is 0 Å². The van der Waals surface area contributed by atoms with Gasteiger partial charge in [0.25, 0.3) is 0 Å². The van der Waals surface area contributed by atoms with Crippen molar-refractivity contribution in [2.45, 2.75) is 0 Å². The average Bonchev–Trinajstić information content (AvgIpc) is 3.74. The molecular formula is C43H25N3O2. The van der Waals surface area contributed by atoms with Gasteiger partial charge in [-0.25, -0.2) is 15.0 Å². The minimum atomic E-state index is 0.578. The zero-order valence-electron chi connectivity index (χ0n) is 25.6. The normalized spacial score (nSPS) is 11.8. The highest BCUT2D eigenvalue weighted by molar-refractivity contribution is 6.20. The summed E-state index contributed by atoms with van der Waals surface area (Å²) >= 11 is 0. The molecule has 0 amide bonds. The Morgan fingerprint density at radius 2 is 0.979 bits per heavy atom. The van der Waals surface area contributed by atoms with Crippen LogP contribution < -0.4 is 0 Å². The second-order valence-corrected chi connectivity index (χ2v) is 12.0. The number of furan rings is 2. The molecule has 0 atom stereocenters. The zero-order chi connectivity index (χ0) is 31.6. The topological polar surface area (TPSA) is 65.0 Å². The molecule has 7 aromatic carbocycles. The number of fused-ring (bicyclic) bond motifs is 8. The molecule has 10 aromatic rings. The van der Waals surface area contributed by atoms with Crippen LogP contribution in [0.3, 0.4) is 0 Å². The van der Waals surface area contributed by atoms with Crippen molar-refractivity contribution in [1.29, 1.82) is 0 Å². The third-order valence-electron chi connectivity index (χ3n) is 9.12. The van der Waals surface area contributed by atoms with Crippen LogP contribution in [0.15, 0.2) is 160 Å². The van der Waals surface area contributed by atoms with Crippen LogP contribution in [-0.4, -0.2) is 15.0 Å². The molecule has 0 aliphatic rings. The Morgan fingerprint density at radius 1 is 0.354 bits per heavy atom. The smallest absolute Gasteiger partial charge is 0.164 e. The first-order valence-corrected chi connectivity index (χ1v) is 15.9. The molecule has 0 aliphatic heterocycles. The number of nitrogens with zero attached hydrogens (tertiary/aromatic N) is 3. The Hall–Kier alpha value is -6.59. The highest BCUT2D eigenvalue weighted by Crippen LogP contribution is 2.44. The van der Waals surface area contributed by atoms with E-state index in [1.807, 2.05) is 91.0 Å². The van der Waals surface area contributed by atoms with Gasteiger partial charge in [-0.3, -0.25) is 0 Å².